The van der Waals surface area contributed by atoms with Crippen LogP contribution >= 0.6 is 0 Å². The zero-order chi connectivity index (χ0) is 19.8. The molecule has 2 aromatic rings. The minimum atomic E-state index is -0.959. The average Bonchev–Trinajstić information content (AvgIpc) is 2.71. The molecule has 0 aliphatic rings. The van der Waals surface area contributed by atoms with E-state index in [1.165, 1.54) is 14.2 Å². The van der Waals surface area contributed by atoms with Crippen LogP contribution in [0.2, 0.25) is 0 Å². The van der Waals surface area contributed by atoms with Gasteiger partial charge in [0.05, 0.1) is 21.3 Å². The van der Waals surface area contributed by atoms with E-state index >= 15 is 0 Å². The third-order valence-electron chi connectivity index (χ3n) is 4.21. The highest BCUT2D eigenvalue weighted by atomic mass is 16.7. The van der Waals surface area contributed by atoms with Crippen LogP contribution in [0, 0.1) is 0 Å². The van der Waals surface area contributed by atoms with Crippen molar-refractivity contribution in [3.05, 3.63) is 53.1 Å². The smallest absolute Gasteiger partial charge is 0.203 e. The first-order valence-corrected chi connectivity index (χ1v) is 8.91. The fourth-order valence-corrected chi connectivity index (χ4v) is 3.01. The van der Waals surface area contributed by atoms with E-state index in [0.717, 1.165) is 5.56 Å². The molecule has 6 nitrogen and oxygen atoms in total. The average molecular weight is 376 g/mol. The Hall–Kier alpha value is -2.28. The van der Waals surface area contributed by atoms with Crippen molar-refractivity contribution in [3.8, 4) is 17.2 Å². The first kappa shape index (κ1) is 21.0. The van der Waals surface area contributed by atoms with Crippen LogP contribution in [-0.4, -0.2) is 39.6 Å². The minimum absolute atomic E-state index is 0.420. The summed E-state index contributed by atoms with van der Waals surface area (Å²) in [5.41, 5.74) is 2.01. The first-order valence-electron chi connectivity index (χ1n) is 8.91. The summed E-state index contributed by atoms with van der Waals surface area (Å²) < 4.78 is 27.7. The predicted octanol–water partition coefficient (Wildman–Crippen LogP) is 3.87. The van der Waals surface area contributed by atoms with Crippen molar-refractivity contribution in [3.63, 3.8) is 0 Å². The Morgan fingerprint density at radius 3 is 1.85 bits per heavy atom. The van der Waals surface area contributed by atoms with Crippen molar-refractivity contribution in [2.75, 3.05) is 34.5 Å². The molecule has 0 saturated carbocycles. The molecule has 2 rings (SSSR count). The number of benzene rings is 2. The number of aliphatic hydroxyl groups is 1. The van der Waals surface area contributed by atoms with Gasteiger partial charge in [-0.15, -0.1) is 0 Å². The molecule has 6 heteroatoms. The highest BCUT2D eigenvalue weighted by Crippen LogP contribution is 2.44. The fourth-order valence-electron chi connectivity index (χ4n) is 3.01. The van der Waals surface area contributed by atoms with Crippen molar-refractivity contribution < 1.29 is 28.8 Å². The van der Waals surface area contributed by atoms with Crippen molar-refractivity contribution in [2.24, 2.45) is 0 Å². The van der Waals surface area contributed by atoms with Crippen LogP contribution in [0.5, 0.6) is 17.2 Å². The summed E-state index contributed by atoms with van der Waals surface area (Å²) in [6, 6.07) is 11.0. The van der Waals surface area contributed by atoms with Crippen LogP contribution in [-0.2, 0) is 9.47 Å². The second-order valence-corrected chi connectivity index (χ2v) is 5.70. The third-order valence-corrected chi connectivity index (χ3v) is 4.21. The molecule has 1 atom stereocenters. The quantitative estimate of drug-likeness (QED) is 0.635. The minimum Gasteiger partial charge on any atom is -0.493 e. The van der Waals surface area contributed by atoms with Gasteiger partial charge in [0.15, 0.2) is 17.8 Å². The first-order chi connectivity index (χ1) is 13.1. The van der Waals surface area contributed by atoms with Gasteiger partial charge in [-0.25, -0.2) is 0 Å². The molecule has 0 heterocycles. The van der Waals surface area contributed by atoms with Gasteiger partial charge in [0.1, 0.15) is 6.10 Å². The standard InChI is InChI=1S/C21H28O6/c1-6-26-21(27-7-2)15-11-9-8-10-14(15)18(22)16-12-13-17(23-3)20(25-5)19(16)24-4/h8-13,18,21-22H,6-7H2,1-5H3. The van der Waals surface area contributed by atoms with Gasteiger partial charge in [-0.1, -0.05) is 24.3 Å². The SMILES string of the molecule is CCOC(OCC)c1ccccc1C(O)c1ccc(OC)c(OC)c1OC. The topological polar surface area (TPSA) is 66.4 Å². The maximum absolute atomic E-state index is 11.2. The summed E-state index contributed by atoms with van der Waals surface area (Å²) in [5.74, 6) is 1.38. The van der Waals surface area contributed by atoms with E-state index < -0.39 is 12.4 Å². The molecule has 27 heavy (non-hydrogen) atoms. The van der Waals surface area contributed by atoms with Crippen molar-refractivity contribution in [1.29, 1.82) is 0 Å². The zero-order valence-electron chi connectivity index (χ0n) is 16.5. The molecule has 0 fully saturated rings. The highest BCUT2D eigenvalue weighted by molar-refractivity contribution is 5.58. The van der Waals surface area contributed by atoms with Crippen LogP contribution in [0.3, 0.4) is 0 Å². The largest absolute Gasteiger partial charge is 0.493 e. The Labute approximate surface area is 160 Å². The molecular weight excluding hydrogens is 348 g/mol. The van der Waals surface area contributed by atoms with Crippen molar-refractivity contribution in [1.82, 2.24) is 0 Å². The van der Waals surface area contributed by atoms with E-state index in [1.807, 2.05) is 38.1 Å². The van der Waals surface area contributed by atoms with Crippen molar-refractivity contribution >= 4 is 0 Å². The van der Waals surface area contributed by atoms with Gasteiger partial charge in [-0.2, -0.15) is 0 Å². The number of aliphatic hydroxyl groups excluding tert-OH is 1. The van der Waals surface area contributed by atoms with E-state index in [1.54, 1.807) is 19.2 Å². The van der Waals surface area contributed by atoms with Gasteiger partial charge in [0.2, 0.25) is 5.75 Å². The Bertz CT molecular complexity index is 725. The van der Waals surface area contributed by atoms with Crippen LogP contribution in [0.15, 0.2) is 36.4 Å². The van der Waals surface area contributed by atoms with E-state index in [-0.39, 0.29) is 0 Å². The molecule has 0 aromatic heterocycles. The summed E-state index contributed by atoms with van der Waals surface area (Å²) in [6.07, 6.45) is -1.52. The summed E-state index contributed by atoms with van der Waals surface area (Å²) >= 11 is 0. The number of ether oxygens (including phenoxy) is 5. The molecule has 0 spiro atoms. The van der Waals surface area contributed by atoms with Gasteiger partial charge in [-0.05, 0) is 31.5 Å². The summed E-state index contributed by atoms with van der Waals surface area (Å²) in [5, 5.41) is 11.2. The lowest BCUT2D eigenvalue weighted by atomic mass is 9.95. The number of rotatable bonds is 10. The van der Waals surface area contributed by atoms with Crippen molar-refractivity contribution in [2.45, 2.75) is 26.2 Å². The molecule has 2 aromatic carbocycles. The lowest BCUT2D eigenvalue weighted by Crippen LogP contribution is -2.14. The summed E-state index contributed by atoms with van der Waals surface area (Å²) in [4.78, 5) is 0. The van der Waals surface area contributed by atoms with E-state index in [2.05, 4.69) is 0 Å². The lowest BCUT2D eigenvalue weighted by molar-refractivity contribution is -0.141. The second kappa shape index (κ2) is 10.2. The second-order valence-electron chi connectivity index (χ2n) is 5.70. The normalized spacial score (nSPS) is 12.1. The molecule has 0 saturated heterocycles. The van der Waals surface area contributed by atoms with Gasteiger partial charge in [0, 0.05) is 24.3 Å². The number of hydrogen-bond acceptors (Lipinski definition) is 6. The molecule has 0 aliphatic carbocycles. The Balaban J connectivity index is 2.54. The Morgan fingerprint density at radius 1 is 0.741 bits per heavy atom. The maximum atomic E-state index is 11.2. The molecule has 0 aliphatic heterocycles. The van der Waals surface area contributed by atoms with Crippen LogP contribution in [0.25, 0.3) is 0 Å². The molecule has 0 bridgehead atoms. The molecule has 0 radical (unpaired) electrons. The van der Waals surface area contributed by atoms with Crippen LogP contribution in [0.1, 0.15) is 42.9 Å². The molecule has 1 N–H and O–H groups in total. The summed E-state index contributed by atoms with van der Waals surface area (Å²) in [6.45, 7) is 4.80. The Morgan fingerprint density at radius 2 is 1.33 bits per heavy atom. The van der Waals surface area contributed by atoms with Gasteiger partial charge in [0.25, 0.3) is 0 Å². The maximum Gasteiger partial charge on any atom is 0.203 e. The molecule has 148 valence electrons. The third kappa shape index (κ3) is 4.53. The number of methoxy groups -OCH3 is 3. The van der Waals surface area contributed by atoms with Gasteiger partial charge < -0.3 is 28.8 Å². The van der Waals surface area contributed by atoms with Crippen LogP contribution in [0.4, 0.5) is 0 Å². The molecule has 1 unspecified atom stereocenters. The number of hydrogen-bond donors (Lipinski definition) is 1. The fraction of sp³-hybridized carbons (Fsp3) is 0.429. The van der Waals surface area contributed by atoms with E-state index in [9.17, 15) is 5.11 Å². The Kier molecular flexibility index (Phi) is 7.91. The van der Waals surface area contributed by atoms with Gasteiger partial charge in [-0.3, -0.25) is 0 Å². The monoisotopic (exact) mass is 376 g/mol. The van der Waals surface area contributed by atoms with E-state index in [0.29, 0.717) is 41.6 Å². The summed E-state index contributed by atoms with van der Waals surface area (Å²) in [7, 11) is 4.62. The van der Waals surface area contributed by atoms with Gasteiger partial charge >= 0.3 is 0 Å². The lowest BCUT2D eigenvalue weighted by Gasteiger charge is -2.24. The predicted molar refractivity (Wildman–Crippen MR) is 103 cm³/mol. The highest BCUT2D eigenvalue weighted by Gasteiger charge is 2.26. The molecular formula is C21H28O6. The van der Waals surface area contributed by atoms with Crippen LogP contribution < -0.4 is 14.2 Å². The van der Waals surface area contributed by atoms with E-state index in [4.69, 9.17) is 23.7 Å². The molecule has 0 amide bonds. The zero-order valence-corrected chi connectivity index (χ0v) is 16.5.